The molecule has 22 heavy (non-hydrogen) atoms. The molecule has 1 N–H and O–H groups in total. The molecule has 1 heterocycles. The zero-order valence-corrected chi connectivity index (χ0v) is 13.5. The van der Waals surface area contributed by atoms with E-state index in [0.717, 1.165) is 32.1 Å². The summed E-state index contributed by atoms with van der Waals surface area (Å²) in [5.41, 5.74) is -0.00181. The van der Waals surface area contributed by atoms with E-state index in [1.54, 1.807) is 0 Å². The molecule has 0 aromatic heterocycles. The Morgan fingerprint density at radius 2 is 2.05 bits per heavy atom. The number of rotatable bonds is 0. The van der Waals surface area contributed by atoms with Gasteiger partial charge < -0.3 is 9.84 Å². The number of aliphatic hydroxyl groups excluding tert-OH is 1. The third-order valence-corrected chi connectivity index (χ3v) is 8.19. The van der Waals surface area contributed by atoms with Gasteiger partial charge in [0.25, 0.3) is 0 Å². The molecule has 4 aliphatic carbocycles. The number of ether oxygens (including phenoxy) is 1. The van der Waals surface area contributed by atoms with E-state index in [2.05, 4.69) is 19.9 Å². The van der Waals surface area contributed by atoms with Crippen LogP contribution in [0.15, 0.2) is 12.2 Å². The maximum atomic E-state index is 12.3. The minimum Gasteiger partial charge on any atom is -0.393 e. The normalized spacial score (nSPS) is 62.0. The maximum absolute atomic E-state index is 12.3. The number of carbonyl (C=O) groups excluding carboxylic acids is 1. The Bertz CT molecular complexity index is 569. The van der Waals surface area contributed by atoms with Crippen LogP contribution in [0.25, 0.3) is 0 Å². The lowest BCUT2D eigenvalue weighted by atomic mass is 9.44. The Morgan fingerprint density at radius 3 is 2.86 bits per heavy atom. The minimum absolute atomic E-state index is 0.195. The van der Waals surface area contributed by atoms with Gasteiger partial charge in [-0.15, -0.1) is 0 Å². The first-order chi connectivity index (χ1) is 10.4. The molecule has 0 spiro atoms. The molecule has 0 bridgehead atoms. The smallest absolute Gasteiger partial charge is 0.161 e. The van der Waals surface area contributed by atoms with Gasteiger partial charge in [-0.3, -0.25) is 4.79 Å². The van der Waals surface area contributed by atoms with Crippen molar-refractivity contribution in [3.8, 4) is 0 Å². The zero-order chi connectivity index (χ0) is 15.3. The van der Waals surface area contributed by atoms with Gasteiger partial charge in [0.05, 0.1) is 18.3 Å². The molecular weight excluding hydrogens is 276 g/mol. The zero-order valence-electron chi connectivity index (χ0n) is 13.5. The number of carbonyl (C=O) groups is 1. The number of ketones is 1. The van der Waals surface area contributed by atoms with Crippen molar-refractivity contribution in [1.29, 1.82) is 0 Å². The van der Waals surface area contributed by atoms with E-state index in [1.807, 2.05) is 6.08 Å². The molecule has 3 saturated carbocycles. The number of hydrogen-bond acceptors (Lipinski definition) is 3. The SMILES string of the molecule is C[C@]12C[C@H]3O[C@H]3C[C@@H]1[C@@H](O)C[C@@H]1[C@@H]2CC[C@]2(C)C(=O)C=C[C@@H]12. The molecule has 0 unspecified atom stereocenters. The van der Waals surface area contributed by atoms with Crippen LogP contribution in [-0.2, 0) is 9.53 Å². The first-order valence-corrected chi connectivity index (χ1v) is 9.00. The van der Waals surface area contributed by atoms with E-state index in [9.17, 15) is 9.90 Å². The van der Waals surface area contributed by atoms with Crippen molar-refractivity contribution in [1.82, 2.24) is 0 Å². The van der Waals surface area contributed by atoms with Gasteiger partial charge in [0.2, 0.25) is 0 Å². The van der Waals surface area contributed by atoms with E-state index in [-0.39, 0.29) is 16.9 Å². The maximum Gasteiger partial charge on any atom is 0.161 e. The molecule has 0 amide bonds. The summed E-state index contributed by atoms with van der Waals surface area (Å²) in [6.07, 6.45) is 9.81. The molecule has 3 heteroatoms. The molecule has 0 aromatic rings. The molecule has 1 saturated heterocycles. The summed E-state index contributed by atoms with van der Waals surface area (Å²) in [5, 5.41) is 10.9. The summed E-state index contributed by atoms with van der Waals surface area (Å²) >= 11 is 0. The van der Waals surface area contributed by atoms with Crippen LogP contribution in [0.1, 0.15) is 46.0 Å². The molecule has 0 radical (unpaired) electrons. The van der Waals surface area contributed by atoms with Gasteiger partial charge in [0.1, 0.15) is 0 Å². The fourth-order valence-electron chi connectivity index (χ4n) is 6.85. The number of epoxide rings is 1. The van der Waals surface area contributed by atoms with Crippen LogP contribution in [0.2, 0.25) is 0 Å². The molecule has 3 nitrogen and oxygen atoms in total. The molecule has 120 valence electrons. The van der Waals surface area contributed by atoms with Gasteiger partial charge in [-0.05, 0) is 67.3 Å². The molecule has 9 atom stereocenters. The molecular formula is C19H26O3. The van der Waals surface area contributed by atoms with Crippen LogP contribution in [0.4, 0.5) is 0 Å². The molecule has 5 rings (SSSR count). The molecule has 5 aliphatic rings. The topological polar surface area (TPSA) is 49.8 Å². The van der Waals surface area contributed by atoms with Crippen molar-refractivity contribution < 1.29 is 14.6 Å². The second-order valence-electron chi connectivity index (χ2n) is 9.04. The molecule has 1 aliphatic heterocycles. The number of allylic oxidation sites excluding steroid dienone is 2. The first-order valence-electron chi connectivity index (χ1n) is 9.00. The third kappa shape index (κ3) is 1.52. The van der Waals surface area contributed by atoms with E-state index >= 15 is 0 Å². The largest absolute Gasteiger partial charge is 0.393 e. The molecule has 4 fully saturated rings. The van der Waals surface area contributed by atoms with Gasteiger partial charge in [-0.1, -0.05) is 19.9 Å². The van der Waals surface area contributed by atoms with Crippen molar-refractivity contribution in [2.75, 3.05) is 0 Å². The lowest BCUT2D eigenvalue weighted by Crippen LogP contribution is -2.58. The Labute approximate surface area is 132 Å². The highest BCUT2D eigenvalue weighted by molar-refractivity contribution is 5.97. The Morgan fingerprint density at radius 1 is 1.23 bits per heavy atom. The number of hydrogen-bond donors (Lipinski definition) is 1. The highest BCUT2D eigenvalue weighted by atomic mass is 16.6. The summed E-state index contributed by atoms with van der Waals surface area (Å²) in [5.74, 6) is 2.14. The number of aliphatic hydroxyl groups is 1. The second-order valence-corrected chi connectivity index (χ2v) is 9.04. The van der Waals surface area contributed by atoms with Crippen molar-refractivity contribution >= 4 is 5.78 Å². The minimum atomic E-state index is -0.220. The predicted octanol–water partition coefficient (Wildman–Crippen LogP) is 2.72. The van der Waals surface area contributed by atoms with Gasteiger partial charge in [-0.25, -0.2) is 0 Å². The summed E-state index contributed by atoms with van der Waals surface area (Å²) in [7, 11) is 0. The molecule has 0 aromatic carbocycles. The van der Waals surface area contributed by atoms with Crippen molar-refractivity contribution in [3.05, 3.63) is 12.2 Å². The predicted molar refractivity (Wildman–Crippen MR) is 82.1 cm³/mol. The fourth-order valence-corrected chi connectivity index (χ4v) is 6.85. The van der Waals surface area contributed by atoms with Gasteiger partial charge in [0.15, 0.2) is 5.78 Å². The third-order valence-electron chi connectivity index (χ3n) is 8.19. The van der Waals surface area contributed by atoms with Crippen LogP contribution in [0, 0.1) is 34.5 Å². The lowest BCUT2D eigenvalue weighted by Gasteiger charge is -2.60. The van der Waals surface area contributed by atoms with E-state index in [4.69, 9.17) is 4.74 Å². The number of fused-ring (bicyclic) bond motifs is 6. The average molecular weight is 302 g/mol. The van der Waals surface area contributed by atoms with Crippen LogP contribution >= 0.6 is 0 Å². The van der Waals surface area contributed by atoms with Crippen LogP contribution in [0.3, 0.4) is 0 Å². The summed E-state index contributed by atoms with van der Waals surface area (Å²) in [6.45, 7) is 4.55. The van der Waals surface area contributed by atoms with Crippen molar-refractivity contribution in [2.24, 2.45) is 34.5 Å². The van der Waals surface area contributed by atoms with Gasteiger partial charge in [0, 0.05) is 5.41 Å². The first kappa shape index (κ1) is 13.7. The highest BCUT2D eigenvalue weighted by Crippen LogP contribution is 2.66. The van der Waals surface area contributed by atoms with Crippen LogP contribution < -0.4 is 0 Å². The van der Waals surface area contributed by atoms with Crippen molar-refractivity contribution in [3.63, 3.8) is 0 Å². The standard InChI is InChI=1S/C19H26O3/c1-18-6-5-12-10(11(18)3-4-17(18)21)7-14(20)13-8-15-16(22-15)9-19(12,13)2/h3-4,10-16,20H,5-9H2,1-2H3/t10-,11-,12-,13+,14-,15-,16+,18-,19+/m0/s1. The average Bonchev–Trinajstić information content (AvgIpc) is 3.14. The van der Waals surface area contributed by atoms with Crippen molar-refractivity contribution in [2.45, 2.75) is 64.3 Å². The monoisotopic (exact) mass is 302 g/mol. The summed E-state index contributed by atoms with van der Waals surface area (Å²) < 4.78 is 5.81. The Hall–Kier alpha value is -0.670. The lowest BCUT2D eigenvalue weighted by molar-refractivity contribution is -0.153. The quantitative estimate of drug-likeness (QED) is 0.700. The van der Waals surface area contributed by atoms with Crippen LogP contribution in [-0.4, -0.2) is 29.2 Å². The fraction of sp³-hybridized carbons (Fsp3) is 0.842. The summed E-state index contributed by atoms with van der Waals surface area (Å²) in [4.78, 5) is 12.3. The summed E-state index contributed by atoms with van der Waals surface area (Å²) in [6, 6.07) is 0. The van der Waals surface area contributed by atoms with Gasteiger partial charge in [-0.2, -0.15) is 0 Å². The van der Waals surface area contributed by atoms with E-state index in [1.165, 1.54) is 0 Å². The van der Waals surface area contributed by atoms with Gasteiger partial charge >= 0.3 is 0 Å². The van der Waals surface area contributed by atoms with E-state index < -0.39 is 0 Å². The Kier molecular flexibility index (Phi) is 2.53. The highest BCUT2D eigenvalue weighted by Gasteiger charge is 2.64. The van der Waals surface area contributed by atoms with E-state index in [0.29, 0.717) is 41.7 Å². The Balaban J connectivity index is 1.53. The van der Waals surface area contributed by atoms with Crippen LogP contribution in [0.5, 0.6) is 0 Å². The second kappa shape index (κ2) is 4.05.